The van der Waals surface area contributed by atoms with Gasteiger partial charge in [-0.1, -0.05) is 30.3 Å². The second-order valence-electron chi connectivity index (χ2n) is 7.51. The molecule has 30 heavy (non-hydrogen) atoms. The summed E-state index contributed by atoms with van der Waals surface area (Å²) in [6, 6.07) is 16.9. The zero-order chi connectivity index (χ0) is 20.8. The lowest BCUT2D eigenvalue weighted by Gasteiger charge is -2.19. The molecule has 0 saturated carbocycles. The van der Waals surface area contributed by atoms with Crippen LogP contribution in [0.25, 0.3) is 11.1 Å². The molecule has 0 spiro atoms. The number of aliphatic hydroxyl groups is 1. The number of nitrogens with zero attached hydrogens (tertiary/aromatic N) is 1. The van der Waals surface area contributed by atoms with Gasteiger partial charge in [-0.3, -0.25) is 4.98 Å². The van der Waals surface area contributed by atoms with Crippen molar-refractivity contribution >= 4 is 0 Å². The minimum atomic E-state index is 0.149. The molecule has 0 fully saturated rings. The van der Waals surface area contributed by atoms with Crippen molar-refractivity contribution in [1.29, 1.82) is 0 Å². The van der Waals surface area contributed by atoms with Gasteiger partial charge < -0.3 is 19.9 Å². The van der Waals surface area contributed by atoms with Gasteiger partial charge in [-0.15, -0.1) is 0 Å². The third kappa shape index (κ3) is 4.81. The molecule has 0 radical (unpaired) electrons. The van der Waals surface area contributed by atoms with E-state index in [1.54, 1.807) is 0 Å². The minimum absolute atomic E-state index is 0.149. The minimum Gasteiger partial charge on any atom is -0.486 e. The van der Waals surface area contributed by atoms with Crippen LogP contribution < -0.4 is 14.8 Å². The molecular weight excluding hydrogens is 376 g/mol. The molecule has 4 rings (SSSR count). The maximum absolute atomic E-state index is 8.84. The fraction of sp³-hybridized carbons (Fsp3) is 0.320. The van der Waals surface area contributed by atoms with Gasteiger partial charge in [0.1, 0.15) is 13.2 Å². The lowest BCUT2D eigenvalue weighted by molar-refractivity contribution is 0.171. The average molecular weight is 405 g/mol. The lowest BCUT2D eigenvalue weighted by Crippen LogP contribution is -2.17. The summed E-state index contributed by atoms with van der Waals surface area (Å²) in [7, 11) is 0. The predicted molar refractivity (Wildman–Crippen MR) is 118 cm³/mol. The van der Waals surface area contributed by atoms with Gasteiger partial charge in [0.15, 0.2) is 11.5 Å². The first kappa shape index (κ1) is 20.4. The molecule has 0 saturated heterocycles. The lowest BCUT2D eigenvalue weighted by atomic mass is 9.93. The number of aromatic nitrogens is 1. The number of hydrogen-bond donors (Lipinski definition) is 2. The first-order valence-electron chi connectivity index (χ1n) is 10.5. The molecule has 1 aromatic heterocycles. The fourth-order valence-corrected chi connectivity index (χ4v) is 3.76. The zero-order valence-corrected chi connectivity index (χ0v) is 17.4. The Morgan fingerprint density at radius 3 is 2.67 bits per heavy atom. The van der Waals surface area contributed by atoms with E-state index in [1.807, 2.05) is 12.3 Å². The van der Waals surface area contributed by atoms with Gasteiger partial charge >= 0.3 is 0 Å². The van der Waals surface area contributed by atoms with Crippen molar-refractivity contribution in [3.05, 3.63) is 77.1 Å². The standard InChI is InChI=1S/C25H28N2O3/c1-18-20(6-9-22-8-5-19(17-27-22)16-26-11-12-28)3-2-4-23(18)21-7-10-24-25(15-21)30-14-13-29-24/h2-5,7-8,10,15,17,26,28H,6,9,11-14,16H2,1H3. The predicted octanol–water partition coefficient (Wildman–Crippen LogP) is 3.70. The number of aliphatic hydroxyl groups excluding tert-OH is 1. The number of fused-ring (bicyclic) bond motifs is 1. The van der Waals surface area contributed by atoms with Gasteiger partial charge in [0.05, 0.1) is 6.61 Å². The van der Waals surface area contributed by atoms with E-state index >= 15 is 0 Å². The van der Waals surface area contributed by atoms with Gasteiger partial charge in [0.25, 0.3) is 0 Å². The second kappa shape index (κ2) is 9.74. The first-order chi connectivity index (χ1) is 14.7. The molecule has 0 aliphatic carbocycles. The molecule has 0 amide bonds. The zero-order valence-electron chi connectivity index (χ0n) is 17.4. The molecule has 5 heteroatoms. The molecular formula is C25H28N2O3. The van der Waals surface area contributed by atoms with Crippen molar-refractivity contribution in [2.45, 2.75) is 26.3 Å². The van der Waals surface area contributed by atoms with E-state index in [2.05, 4.69) is 59.7 Å². The third-order valence-corrected chi connectivity index (χ3v) is 5.45. The van der Waals surface area contributed by atoms with E-state index in [0.29, 0.717) is 19.8 Å². The number of aryl methyl sites for hydroxylation is 2. The van der Waals surface area contributed by atoms with Crippen LogP contribution in [0.2, 0.25) is 0 Å². The normalized spacial score (nSPS) is 12.7. The molecule has 0 unspecified atom stereocenters. The smallest absolute Gasteiger partial charge is 0.161 e. The monoisotopic (exact) mass is 404 g/mol. The highest BCUT2D eigenvalue weighted by Crippen LogP contribution is 2.36. The van der Waals surface area contributed by atoms with E-state index in [9.17, 15) is 0 Å². The number of hydrogen-bond acceptors (Lipinski definition) is 5. The summed E-state index contributed by atoms with van der Waals surface area (Å²) in [5.41, 5.74) is 7.21. The maximum Gasteiger partial charge on any atom is 0.161 e. The van der Waals surface area contributed by atoms with Crippen LogP contribution in [0.3, 0.4) is 0 Å². The number of benzene rings is 2. The molecule has 156 valence electrons. The van der Waals surface area contributed by atoms with Crippen LogP contribution in [-0.2, 0) is 19.4 Å². The Morgan fingerprint density at radius 1 is 1.00 bits per heavy atom. The molecule has 3 aromatic rings. The van der Waals surface area contributed by atoms with E-state index < -0.39 is 0 Å². The Balaban J connectivity index is 1.44. The second-order valence-corrected chi connectivity index (χ2v) is 7.51. The van der Waals surface area contributed by atoms with Crippen LogP contribution >= 0.6 is 0 Å². The molecule has 2 N–H and O–H groups in total. The highest BCUT2D eigenvalue weighted by molar-refractivity contribution is 5.71. The van der Waals surface area contributed by atoms with Crippen LogP contribution in [-0.4, -0.2) is 36.5 Å². The quantitative estimate of drug-likeness (QED) is 0.561. The SMILES string of the molecule is Cc1c(CCc2ccc(CNCCO)cn2)cccc1-c1ccc2c(c1)OCCO2. The molecule has 1 aliphatic heterocycles. The summed E-state index contributed by atoms with van der Waals surface area (Å²) in [5.74, 6) is 1.64. The summed E-state index contributed by atoms with van der Waals surface area (Å²) in [5, 5.41) is 12.0. The van der Waals surface area contributed by atoms with Crippen molar-refractivity contribution < 1.29 is 14.6 Å². The Morgan fingerprint density at radius 2 is 1.87 bits per heavy atom. The van der Waals surface area contributed by atoms with Gasteiger partial charge in [-0.2, -0.15) is 0 Å². The molecule has 2 aromatic carbocycles. The number of nitrogens with one attached hydrogen (secondary N) is 1. The van der Waals surface area contributed by atoms with Gasteiger partial charge in [-0.25, -0.2) is 0 Å². The maximum atomic E-state index is 8.84. The average Bonchev–Trinajstić information content (AvgIpc) is 2.79. The summed E-state index contributed by atoms with van der Waals surface area (Å²) < 4.78 is 11.4. The Bertz CT molecular complexity index is 986. The van der Waals surface area contributed by atoms with E-state index in [0.717, 1.165) is 47.7 Å². The van der Waals surface area contributed by atoms with Crippen LogP contribution in [0, 0.1) is 6.92 Å². The summed E-state index contributed by atoms with van der Waals surface area (Å²) in [4.78, 5) is 4.60. The van der Waals surface area contributed by atoms with Crippen molar-refractivity contribution in [3.63, 3.8) is 0 Å². The molecule has 2 heterocycles. The Kier molecular flexibility index (Phi) is 6.62. The van der Waals surface area contributed by atoms with E-state index in [4.69, 9.17) is 14.6 Å². The Hall–Kier alpha value is -2.89. The van der Waals surface area contributed by atoms with Gasteiger partial charge in [-0.05, 0) is 65.8 Å². The molecule has 0 atom stereocenters. The van der Waals surface area contributed by atoms with Crippen LogP contribution in [0.5, 0.6) is 11.5 Å². The van der Waals surface area contributed by atoms with Crippen molar-refractivity contribution in [1.82, 2.24) is 10.3 Å². The number of pyridine rings is 1. The number of ether oxygens (including phenoxy) is 2. The van der Waals surface area contributed by atoms with E-state index in [1.165, 1.54) is 16.7 Å². The fourth-order valence-electron chi connectivity index (χ4n) is 3.76. The molecule has 0 bridgehead atoms. The Labute approximate surface area is 177 Å². The highest BCUT2D eigenvalue weighted by Gasteiger charge is 2.14. The third-order valence-electron chi connectivity index (χ3n) is 5.45. The van der Waals surface area contributed by atoms with Crippen LogP contribution in [0.1, 0.15) is 22.4 Å². The van der Waals surface area contributed by atoms with Gasteiger partial charge in [0.2, 0.25) is 0 Å². The highest BCUT2D eigenvalue weighted by atomic mass is 16.6. The largest absolute Gasteiger partial charge is 0.486 e. The molecule has 5 nitrogen and oxygen atoms in total. The topological polar surface area (TPSA) is 63.6 Å². The molecule has 1 aliphatic rings. The summed E-state index contributed by atoms with van der Waals surface area (Å²) in [6.45, 7) is 4.86. The van der Waals surface area contributed by atoms with Gasteiger partial charge in [0, 0.05) is 25.0 Å². The summed E-state index contributed by atoms with van der Waals surface area (Å²) in [6.07, 6.45) is 3.76. The van der Waals surface area contributed by atoms with E-state index in [-0.39, 0.29) is 6.61 Å². The van der Waals surface area contributed by atoms with Crippen LogP contribution in [0.15, 0.2) is 54.7 Å². The van der Waals surface area contributed by atoms with Crippen molar-refractivity contribution in [2.75, 3.05) is 26.4 Å². The number of rotatable bonds is 8. The van der Waals surface area contributed by atoms with Crippen molar-refractivity contribution in [2.24, 2.45) is 0 Å². The summed E-state index contributed by atoms with van der Waals surface area (Å²) >= 11 is 0. The van der Waals surface area contributed by atoms with Crippen molar-refractivity contribution in [3.8, 4) is 22.6 Å². The van der Waals surface area contributed by atoms with Crippen LogP contribution in [0.4, 0.5) is 0 Å². The first-order valence-corrected chi connectivity index (χ1v) is 10.5.